The molecule has 6 rings (SSSR count). The number of nitrogens with one attached hydrogen (secondary N) is 1. The molecule has 0 radical (unpaired) electrons. The van der Waals surface area contributed by atoms with Crippen molar-refractivity contribution in [2.24, 2.45) is 0 Å². The van der Waals surface area contributed by atoms with Crippen LogP contribution in [-0.4, -0.2) is 76.3 Å². The van der Waals surface area contributed by atoms with E-state index in [2.05, 4.69) is 10.2 Å². The smallest absolute Gasteiger partial charge is 0.392 e. The van der Waals surface area contributed by atoms with E-state index in [1.165, 1.54) is 0 Å². The number of rotatable bonds is 12. The highest BCUT2D eigenvalue weighted by atomic mass is 19.4. The Morgan fingerprint density at radius 1 is 0.926 bits per heavy atom. The Balaban J connectivity index is 1.17. The van der Waals surface area contributed by atoms with Gasteiger partial charge in [0.15, 0.2) is 6.29 Å². The van der Waals surface area contributed by atoms with Crippen molar-refractivity contribution in [3.63, 3.8) is 0 Å². The third-order valence-corrected chi connectivity index (χ3v) is 10.4. The van der Waals surface area contributed by atoms with Gasteiger partial charge in [0.1, 0.15) is 6.04 Å². The highest BCUT2D eigenvalue weighted by molar-refractivity contribution is 5.90. The molecule has 2 amide bonds. The fraction of sp³-hybridized carbons (Fsp3) is 0.381. The minimum atomic E-state index is -5.04. The number of amides is 2. The summed E-state index contributed by atoms with van der Waals surface area (Å²) in [5.41, 5.74) is 5.84. The maximum absolute atomic E-state index is 13.1. The number of nitrogens with zero attached hydrogens (tertiary/aromatic N) is 2. The molecule has 4 aromatic carbocycles. The molecular formula is C42H46F3N3O6. The Bertz CT molecular complexity index is 1860. The van der Waals surface area contributed by atoms with Gasteiger partial charge in [0.05, 0.1) is 24.9 Å². The summed E-state index contributed by atoms with van der Waals surface area (Å²) in [5, 5.41) is 23.4. The predicted octanol–water partition coefficient (Wildman–Crippen LogP) is 6.61. The number of hydrogen-bond acceptors (Lipinski definition) is 7. The zero-order valence-corrected chi connectivity index (χ0v) is 30.3. The summed E-state index contributed by atoms with van der Waals surface area (Å²) in [6, 6.07) is 31.0. The lowest BCUT2D eigenvalue weighted by atomic mass is 9.97. The van der Waals surface area contributed by atoms with E-state index in [9.17, 15) is 33.0 Å². The number of hydrogen-bond donors (Lipinski definition) is 3. The van der Waals surface area contributed by atoms with E-state index >= 15 is 0 Å². The molecule has 0 unspecified atom stereocenters. The van der Waals surface area contributed by atoms with E-state index in [1.807, 2.05) is 117 Å². The maximum atomic E-state index is 13.1. The van der Waals surface area contributed by atoms with Crippen LogP contribution in [-0.2, 0) is 32.2 Å². The normalized spacial score (nSPS) is 21.5. The molecule has 2 saturated heterocycles. The van der Waals surface area contributed by atoms with Crippen LogP contribution >= 0.6 is 0 Å². The van der Waals surface area contributed by atoms with Crippen LogP contribution in [0.3, 0.4) is 0 Å². The highest BCUT2D eigenvalue weighted by Gasteiger charge is 2.47. The molecule has 4 aromatic rings. The van der Waals surface area contributed by atoms with Gasteiger partial charge < -0.3 is 29.9 Å². The van der Waals surface area contributed by atoms with Gasteiger partial charge in [0.2, 0.25) is 5.91 Å². The minimum absolute atomic E-state index is 0.0590. The number of benzene rings is 4. The van der Waals surface area contributed by atoms with Gasteiger partial charge in [-0.25, -0.2) is 0 Å². The molecule has 2 aliphatic heterocycles. The van der Waals surface area contributed by atoms with Gasteiger partial charge in [-0.15, -0.1) is 0 Å². The average molecular weight is 746 g/mol. The Morgan fingerprint density at radius 3 is 2.28 bits per heavy atom. The molecule has 6 atom stereocenters. The average Bonchev–Trinajstić information content (AvgIpc) is 3.69. The number of ether oxygens (including phenoxy) is 2. The molecule has 0 saturated carbocycles. The van der Waals surface area contributed by atoms with Crippen molar-refractivity contribution in [3.05, 3.63) is 131 Å². The summed E-state index contributed by atoms with van der Waals surface area (Å²) in [6.07, 6.45) is -5.90. The first-order chi connectivity index (χ1) is 25.9. The lowest BCUT2D eigenvalue weighted by Crippen LogP contribution is -2.50. The highest BCUT2D eigenvalue weighted by Crippen LogP contribution is 2.39. The van der Waals surface area contributed by atoms with Gasteiger partial charge in [-0.2, -0.15) is 13.2 Å². The molecular weight excluding hydrogens is 699 g/mol. The summed E-state index contributed by atoms with van der Waals surface area (Å²) in [6.45, 7) is 2.42. The van der Waals surface area contributed by atoms with Crippen LogP contribution in [0.15, 0.2) is 103 Å². The first-order valence-corrected chi connectivity index (χ1v) is 18.2. The summed E-state index contributed by atoms with van der Waals surface area (Å²) >= 11 is 0. The van der Waals surface area contributed by atoms with Crippen molar-refractivity contribution in [3.8, 4) is 11.1 Å². The molecule has 2 fully saturated rings. The van der Waals surface area contributed by atoms with Gasteiger partial charge >= 0.3 is 12.1 Å². The van der Waals surface area contributed by atoms with Gasteiger partial charge in [-0.05, 0) is 60.2 Å². The Hall–Kier alpha value is -4.59. The van der Waals surface area contributed by atoms with E-state index < -0.39 is 36.4 Å². The monoisotopic (exact) mass is 745 g/mol. The molecule has 0 aliphatic carbocycles. The number of carbonyl (C=O) groups is 2. The van der Waals surface area contributed by atoms with Crippen LogP contribution in [0.2, 0.25) is 0 Å². The largest absolute Gasteiger partial charge is 0.471 e. The predicted molar refractivity (Wildman–Crippen MR) is 196 cm³/mol. The lowest BCUT2D eigenvalue weighted by Gasteiger charge is -2.39. The second kappa shape index (κ2) is 17.3. The SMILES string of the molecule is C[C@H]([C@@H](O)c1ccccc1)N(C)C[C@@H]1C[C@H](c2ccc(CO)cc2)O[C@H](c2ccc(-c3ccccc3CNC(=O)[C@@H]3CCCN3C(=O)C(F)(F)F)cc2)O1. The van der Waals surface area contributed by atoms with Crippen LogP contribution in [0.1, 0.15) is 72.5 Å². The molecule has 3 N–H and O–H groups in total. The third kappa shape index (κ3) is 9.19. The van der Waals surface area contributed by atoms with Gasteiger partial charge in [0.25, 0.3) is 0 Å². The second-order valence-electron chi connectivity index (χ2n) is 14.0. The quantitative estimate of drug-likeness (QED) is 0.150. The third-order valence-electron chi connectivity index (χ3n) is 10.4. The van der Waals surface area contributed by atoms with Crippen LogP contribution in [0, 0.1) is 0 Å². The molecule has 286 valence electrons. The molecule has 0 bridgehead atoms. The Morgan fingerprint density at radius 2 is 1.59 bits per heavy atom. The number of likely N-dealkylation sites (tertiary alicyclic amines) is 1. The van der Waals surface area contributed by atoms with E-state index in [4.69, 9.17) is 9.47 Å². The number of halogens is 3. The van der Waals surface area contributed by atoms with Crippen molar-refractivity contribution >= 4 is 11.8 Å². The summed E-state index contributed by atoms with van der Waals surface area (Å²) < 4.78 is 52.5. The second-order valence-corrected chi connectivity index (χ2v) is 14.0. The van der Waals surface area contributed by atoms with Crippen molar-refractivity contribution in [1.29, 1.82) is 0 Å². The summed E-state index contributed by atoms with van der Waals surface area (Å²) in [4.78, 5) is 27.6. The number of likely N-dealkylation sites (N-methyl/N-ethyl adjacent to an activating group) is 1. The molecule has 9 nitrogen and oxygen atoms in total. The van der Waals surface area contributed by atoms with Crippen LogP contribution < -0.4 is 5.32 Å². The number of aliphatic hydroxyl groups is 2. The fourth-order valence-electron chi connectivity index (χ4n) is 7.21. The van der Waals surface area contributed by atoms with Crippen LogP contribution in [0.25, 0.3) is 11.1 Å². The molecule has 2 aliphatic rings. The first-order valence-electron chi connectivity index (χ1n) is 18.2. The number of aliphatic hydroxyl groups excluding tert-OH is 2. The van der Waals surface area contributed by atoms with Gasteiger partial charge in [-0.3, -0.25) is 14.5 Å². The standard InChI is InChI=1S/C42H46F3N3O6/c1-27(38(50)31-9-4-3-5-10-31)47(2)25-34-23-37(30-16-14-28(26-49)15-17-30)54-40(53-34)32-20-18-29(19-21-32)35-12-7-6-11-33(35)24-46-39(51)36-13-8-22-48(36)41(52)42(43,44)45/h3-7,9-12,14-21,27,34,36-38,40,49-50H,8,13,22-26H2,1-2H3,(H,46,51)/t27-,34+,36+,37-,38-,40-/m1/s1. The topological polar surface area (TPSA) is 112 Å². The number of carbonyl (C=O) groups excluding carboxylic acids is 2. The van der Waals surface area contributed by atoms with Gasteiger partial charge in [0, 0.05) is 37.7 Å². The summed E-state index contributed by atoms with van der Waals surface area (Å²) in [5.74, 6) is -2.61. The maximum Gasteiger partial charge on any atom is 0.471 e. The zero-order chi connectivity index (χ0) is 38.4. The zero-order valence-electron chi connectivity index (χ0n) is 30.3. The molecule has 0 aromatic heterocycles. The van der Waals surface area contributed by atoms with Crippen molar-refractivity contribution in [2.75, 3.05) is 20.1 Å². The fourth-order valence-corrected chi connectivity index (χ4v) is 7.21. The van der Waals surface area contributed by atoms with E-state index in [-0.39, 0.29) is 44.4 Å². The molecule has 2 heterocycles. The summed E-state index contributed by atoms with van der Waals surface area (Å²) in [7, 11) is 1.97. The van der Waals surface area contributed by atoms with Crippen LogP contribution in [0.5, 0.6) is 0 Å². The van der Waals surface area contributed by atoms with Crippen molar-refractivity contribution < 1.29 is 42.4 Å². The molecule has 54 heavy (non-hydrogen) atoms. The molecule has 0 spiro atoms. The number of alkyl halides is 3. The molecule has 12 heteroatoms. The van der Waals surface area contributed by atoms with E-state index in [0.29, 0.717) is 24.3 Å². The van der Waals surface area contributed by atoms with Crippen LogP contribution in [0.4, 0.5) is 13.2 Å². The van der Waals surface area contributed by atoms with Crippen molar-refractivity contribution in [2.45, 2.75) is 82.2 Å². The minimum Gasteiger partial charge on any atom is -0.392 e. The first kappa shape index (κ1) is 39.1. The van der Waals surface area contributed by atoms with Crippen molar-refractivity contribution in [1.82, 2.24) is 15.1 Å². The van der Waals surface area contributed by atoms with E-state index in [1.54, 1.807) is 0 Å². The van der Waals surface area contributed by atoms with E-state index in [0.717, 1.165) is 38.9 Å². The lowest BCUT2D eigenvalue weighted by molar-refractivity contribution is -0.253. The van der Waals surface area contributed by atoms with Gasteiger partial charge in [-0.1, -0.05) is 103 Å². The Kier molecular flexibility index (Phi) is 12.5. The Labute approximate surface area is 313 Å².